The number of H-pyrrole nitrogens is 1. The summed E-state index contributed by atoms with van der Waals surface area (Å²) in [6.07, 6.45) is 5.13. The summed E-state index contributed by atoms with van der Waals surface area (Å²) in [4.78, 5) is 12.5. The van der Waals surface area contributed by atoms with Gasteiger partial charge in [-0.3, -0.25) is 4.68 Å². The highest BCUT2D eigenvalue weighted by Crippen LogP contribution is 2.38. The molecule has 9 heteroatoms. The number of hydrogen-bond donors (Lipinski definition) is 3. The second-order valence-corrected chi connectivity index (χ2v) is 9.09. The van der Waals surface area contributed by atoms with Crippen LogP contribution in [0.5, 0.6) is 17.2 Å². The van der Waals surface area contributed by atoms with E-state index in [0.29, 0.717) is 25.3 Å². The lowest BCUT2D eigenvalue weighted by Crippen LogP contribution is -2.25. The van der Waals surface area contributed by atoms with E-state index in [9.17, 15) is 5.11 Å². The minimum absolute atomic E-state index is 0.116. The van der Waals surface area contributed by atoms with Gasteiger partial charge in [0.05, 0.1) is 35.8 Å². The van der Waals surface area contributed by atoms with E-state index < -0.39 is 6.23 Å². The second-order valence-electron chi connectivity index (χ2n) is 9.09. The molecule has 4 aromatic rings. The van der Waals surface area contributed by atoms with Gasteiger partial charge in [-0.1, -0.05) is 0 Å². The van der Waals surface area contributed by atoms with Crippen molar-refractivity contribution in [2.24, 2.45) is 0 Å². The number of aromatic nitrogens is 5. The van der Waals surface area contributed by atoms with Crippen molar-refractivity contribution in [2.45, 2.75) is 51.8 Å². The fourth-order valence-electron chi connectivity index (χ4n) is 4.86. The fraction of sp³-hybridized carbons (Fsp3) is 0.346. The Labute approximate surface area is 203 Å². The van der Waals surface area contributed by atoms with Gasteiger partial charge in [0.15, 0.2) is 0 Å². The molecule has 0 saturated heterocycles. The SMILES string of the molecule is CCn1nc(C)cc1-c1cnc(C2COc3ccc(Oc4ccnc5c4CCC(O)N5)cc3C2)[nH]1. The number of ether oxygens (including phenoxy) is 2. The number of anilines is 1. The van der Waals surface area contributed by atoms with Gasteiger partial charge in [-0.2, -0.15) is 5.10 Å². The highest BCUT2D eigenvalue weighted by Gasteiger charge is 2.26. The maximum atomic E-state index is 9.86. The van der Waals surface area contributed by atoms with Crippen molar-refractivity contribution < 1.29 is 14.6 Å². The van der Waals surface area contributed by atoms with Crippen molar-refractivity contribution in [1.82, 2.24) is 24.7 Å². The standard InChI is InChI=1S/C26H28N6O3/c1-3-32-21(10-15(2)31-32)20-13-28-25(29-20)17-11-16-12-18(4-6-22(16)34-14-17)35-23-8-9-27-26-19(23)5-7-24(33)30-26/h4,6,8-10,12-13,17,24,33H,3,5,7,11,14H2,1-2H3,(H,27,30)(H,28,29). The maximum absolute atomic E-state index is 9.86. The van der Waals surface area contributed by atoms with Crippen LogP contribution in [0, 0.1) is 6.92 Å². The number of hydrogen-bond acceptors (Lipinski definition) is 7. The Hall–Kier alpha value is -3.85. The first-order chi connectivity index (χ1) is 17.1. The number of fused-ring (bicyclic) bond motifs is 2. The van der Waals surface area contributed by atoms with Gasteiger partial charge in [0.1, 0.15) is 35.1 Å². The van der Waals surface area contributed by atoms with Crippen LogP contribution in [-0.2, 0) is 19.4 Å². The lowest BCUT2D eigenvalue weighted by molar-refractivity contribution is 0.188. The predicted molar refractivity (Wildman–Crippen MR) is 131 cm³/mol. The van der Waals surface area contributed by atoms with E-state index >= 15 is 0 Å². The fourth-order valence-corrected chi connectivity index (χ4v) is 4.86. The third-order valence-electron chi connectivity index (χ3n) is 6.61. The van der Waals surface area contributed by atoms with E-state index in [1.165, 1.54) is 0 Å². The number of aromatic amines is 1. The molecule has 0 spiro atoms. The first-order valence-electron chi connectivity index (χ1n) is 12.0. The Morgan fingerprint density at radius 1 is 1.23 bits per heavy atom. The summed E-state index contributed by atoms with van der Waals surface area (Å²) in [7, 11) is 0. The van der Waals surface area contributed by atoms with Gasteiger partial charge < -0.3 is 24.9 Å². The van der Waals surface area contributed by atoms with E-state index in [2.05, 4.69) is 38.4 Å². The van der Waals surface area contributed by atoms with Crippen molar-refractivity contribution in [3.63, 3.8) is 0 Å². The molecule has 0 saturated carbocycles. The zero-order chi connectivity index (χ0) is 23.9. The maximum Gasteiger partial charge on any atom is 0.135 e. The van der Waals surface area contributed by atoms with E-state index in [0.717, 1.165) is 64.2 Å². The van der Waals surface area contributed by atoms with Gasteiger partial charge in [-0.15, -0.1) is 0 Å². The molecule has 5 heterocycles. The Bertz CT molecular complexity index is 1380. The molecule has 0 bridgehead atoms. The van der Waals surface area contributed by atoms with Gasteiger partial charge in [-0.05, 0) is 69.0 Å². The van der Waals surface area contributed by atoms with Crippen LogP contribution < -0.4 is 14.8 Å². The molecule has 0 amide bonds. The molecule has 2 atom stereocenters. The van der Waals surface area contributed by atoms with Gasteiger partial charge in [0.25, 0.3) is 0 Å². The van der Waals surface area contributed by atoms with E-state index in [1.807, 2.05) is 42.1 Å². The quantitative estimate of drug-likeness (QED) is 0.400. The summed E-state index contributed by atoms with van der Waals surface area (Å²) >= 11 is 0. The highest BCUT2D eigenvalue weighted by molar-refractivity contribution is 5.56. The van der Waals surface area contributed by atoms with Gasteiger partial charge >= 0.3 is 0 Å². The number of aryl methyl sites for hydroxylation is 2. The number of aliphatic hydroxyl groups is 1. The topological polar surface area (TPSA) is 110 Å². The summed E-state index contributed by atoms with van der Waals surface area (Å²) in [5.41, 5.74) is 5.06. The molecule has 0 aliphatic carbocycles. The van der Waals surface area contributed by atoms with Crippen LogP contribution in [0.1, 0.15) is 41.9 Å². The number of pyridine rings is 1. The second kappa shape index (κ2) is 8.74. The smallest absolute Gasteiger partial charge is 0.135 e. The number of imidazole rings is 1. The van der Waals surface area contributed by atoms with Crippen LogP contribution in [0.4, 0.5) is 5.82 Å². The normalized spacial score (nSPS) is 18.8. The molecule has 35 heavy (non-hydrogen) atoms. The van der Waals surface area contributed by atoms with Gasteiger partial charge in [0.2, 0.25) is 0 Å². The van der Waals surface area contributed by atoms with E-state index in [1.54, 1.807) is 6.20 Å². The molecular formula is C26H28N6O3. The molecular weight excluding hydrogens is 444 g/mol. The Kier molecular flexibility index (Phi) is 5.41. The number of rotatable bonds is 5. The molecule has 9 nitrogen and oxygen atoms in total. The van der Waals surface area contributed by atoms with E-state index in [-0.39, 0.29) is 5.92 Å². The number of nitrogens with zero attached hydrogens (tertiary/aromatic N) is 4. The monoisotopic (exact) mass is 472 g/mol. The molecule has 0 radical (unpaired) electrons. The van der Waals surface area contributed by atoms with E-state index in [4.69, 9.17) is 9.47 Å². The third kappa shape index (κ3) is 4.12. The van der Waals surface area contributed by atoms with Crippen LogP contribution in [0.15, 0.2) is 42.7 Å². The van der Waals surface area contributed by atoms with Crippen molar-refractivity contribution in [1.29, 1.82) is 0 Å². The number of aliphatic hydroxyl groups excluding tert-OH is 1. The van der Waals surface area contributed by atoms with Crippen molar-refractivity contribution in [3.8, 4) is 28.6 Å². The van der Waals surface area contributed by atoms with Crippen LogP contribution in [0.3, 0.4) is 0 Å². The van der Waals surface area contributed by atoms with Crippen LogP contribution >= 0.6 is 0 Å². The Balaban J connectivity index is 1.22. The minimum Gasteiger partial charge on any atom is -0.493 e. The van der Waals surface area contributed by atoms with Crippen LogP contribution in [0.25, 0.3) is 11.4 Å². The first kappa shape index (κ1) is 21.7. The molecule has 6 rings (SSSR count). The van der Waals surface area contributed by atoms with Gasteiger partial charge in [-0.25, -0.2) is 9.97 Å². The average molecular weight is 473 g/mol. The summed E-state index contributed by atoms with van der Waals surface area (Å²) in [6, 6.07) is 9.87. The molecule has 180 valence electrons. The molecule has 3 aromatic heterocycles. The lowest BCUT2D eigenvalue weighted by atomic mass is 9.96. The van der Waals surface area contributed by atoms with Gasteiger partial charge in [0, 0.05) is 18.3 Å². The first-order valence-corrected chi connectivity index (χ1v) is 12.0. The zero-order valence-corrected chi connectivity index (χ0v) is 19.8. The number of benzene rings is 1. The van der Waals surface area contributed by atoms with Crippen molar-refractivity contribution in [2.75, 3.05) is 11.9 Å². The largest absolute Gasteiger partial charge is 0.493 e. The number of nitrogens with one attached hydrogen (secondary N) is 2. The van der Waals surface area contributed by atoms with Crippen LogP contribution in [0.2, 0.25) is 0 Å². The summed E-state index contributed by atoms with van der Waals surface area (Å²) < 4.78 is 14.3. The molecule has 2 unspecified atom stereocenters. The molecule has 0 fully saturated rings. The highest BCUT2D eigenvalue weighted by atomic mass is 16.5. The lowest BCUT2D eigenvalue weighted by Gasteiger charge is -2.25. The van der Waals surface area contributed by atoms with Crippen molar-refractivity contribution in [3.05, 3.63) is 65.4 Å². The zero-order valence-electron chi connectivity index (χ0n) is 19.8. The average Bonchev–Trinajstić information content (AvgIpc) is 3.50. The summed E-state index contributed by atoms with van der Waals surface area (Å²) in [5, 5.41) is 17.4. The third-order valence-corrected chi connectivity index (χ3v) is 6.61. The molecule has 1 aromatic carbocycles. The Morgan fingerprint density at radius 2 is 2.14 bits per heavy atom. The predicted octanol–water partition coefficient (Wildman–Crippen LogP) is 4.18. The molecule has 3 N–H and O–H groups in total. The van der Waals surface area contributed by atoms with Crippen molar-refractivity contribution >= 4 is 5.82 Å². The van der Waals surface area contributed by atoms with Crippen LogP contribution in [-0.4, -0.2) is 42.7 Å². The summed E-state index contributed by atoms with van der Waals surface area (Å²) in [5.74, 6) is 4.07. The minimum atomic E-state index is -0.572. The molecule has 2 aliphatic heterocycles. The Morgan fingerprint density at radius 3 is 3.03 bits per heavy atom. The molecule has 2 aliphatic rings. The summed E-state index contributed by atoms with van der Waals surface area (Å²) in [6.45, 7) is 5.45.